The zero-order valence-electron chi connectivity index (χ0n) is 10.6. The average molecular weight is 308 g/mol. The van der Waals surface area contributed by atoms with E-state index in [4.69, 9.17) is 33.7 Å². The molecule has 0 aliphatic rings. The van der Waals surface area contributed by atoms with Gasteiger partial charge in [-0.3, -0.25) is 4.57 Å². The summed E-state index contributed by atoms with van der Waals surface area (Å²) < 4.78 is 7.01. The Morgan fingerprint density at radius 2 is 1.85 bits per heavy atom. The molecule has 0 fully saturated rings. The number of imidazole rings is 1. The van der Waals surface area contributed by atoms with Crippen molar-refractivity contribution < 1.29 is 4.74 Å². The fourth-order valence-electron chi connectivity index (χ4n) is 2.11. The maximum atomic E-state index is 6.25. The molecule has 1 aromatic heterocycles. The first-order chi connectivity index (χ1) is 9.60. The maximum absolute atomic E-state index is 6.25. The highest BCUT2D eigenvalue weighted by Crippen LogP contribution is 2.33. The van der Waals surface area contributed by atoms with Crippen molar-refractivity contribution in [2.45, 2.75) is 0 Å². The van der Waals surface area contributed by atoms with Crippen LogP contribution in [0.2, 0.25) is 10.0 Å². The fraction of sp³-hybridized carbons (Fsp3) is 0.0714. The molecule has 2 aromatic carbocycles. The van der Waals surface area contributed by atoms with E-state index in [0.717, 1.165) is 16.8 Å². The van der Waals surface area contributed by atoms with Gasteiger partial charge in [-0.1, -0.05) is 23.2 Å². The van der Waals surface area contributed by atoms with Gasteiger partial charge >= 0.3 is 0 Å². The van der Waals surface area contributed by atoms with Crippen molar-refractivity contribution in [3.05, 3.63) is 46.7 Å². The molecule has 20 heavy (non-hydrogen) atoms. The van der Waals surface area contributed by atoms with E-state index in [0.29, 0.717) is 21.4 Å². The third-order valence-electron chi connectivity index (χ3n) is 3.03. The molecule has 0 atom stereocenters. The van der Waals surface area contributed by atoms with E-state index in [1.54, 1.807) is 25.6 Å². The summed E-state index contributed by atoms with van der Waals surface area (Å²) in [6, 6.07) is 8.95. The van der Waals surface area contributed by atoms with Crippen molar-refractivity contribution in [2.24, 2.45) is 0 Å². The van der Waals surface area contributed by atoms with Gasteiger partial charge in [-0.2, -0.15) is 0 Å². The summed E-state index contributed by atoms with van der Waals surface area (Å²) in [5.41, 5.74) is 8.59. The van der Waals surface area contributed by atoms with Crippen LogP contribution < -0.4 is 10.5 Å². The summed E-state index contributed by atoms with van der Waals surface area (Å²) in [5.74, 6) is 0.747. The summed E-state index contributed by atoms with van der Waals surface area (Å²) >= 11 is 12.5. The maximum Gasteiger partial charge on any atom is 0.121 e. The van der Waals surface area contributed by atoms with E-state index < -0.39 is 0 Å². The largest absolute Gasteiger partial charge is 0.497 e. The molecule has 0 saturated carbocycles. The monoisotopic (exact) mass is 307 g/mol. The van der Waals surface area contributed by atoms with Gasteiger partial charge in [-0.05, 0) is 24.3 Å². The minimum atomic E-state index is 0.477. The summed E-state index contributed by atoms with van der Waals surface area (Å²) in [5, 5.41) is 0.954. The first-order valence-corrected chi connectivity index (χ1v) is 6.61. The molecule has 2 N–H and O–H groups in total. The highest BCUT2D eigenvalue weighted by molar-refractivity contribution is 6.38. The summed E-state index contributed by atoms with van der Waals surface area (Å²) in [6.07, 6.45) is 1.67. The predicted octanol–water partition coefficient (Wildman–Crippen LogP) is 3.92. The Kier molecular flexibility index (Phi) is 3.20. The Morgan fingerprint density at radius 3 is 2.50 bits per heavy atom. The lowest BCUT2D eigenvalue weighted by Gasteiger charge is -2.10. The number of anilines is 1. The number of hydrogen-bond donors (Lipinski definition) is 1. The number of nitrogens with two attached hydrogens (primary N) is 1. The van der Waals surface area contributed by atoms with Gasteiger partial charge in [0.2, 0.25) is 0 Å². The number of fused-ring (bicyclic) bond motifs is 1. The summed E-state index contributed by atoms with van der Waals surface area (Å²) in [7, 11) is 1.62. The topological polar surface area (TPSA) is 53.1 Å². The molecule has 0 spiro atoms. The van der Waals surface area contributed by atoms with Crippen molar-refractivity contribution in [3.8, 4) is 11.4 Å². The summed E-state index contributed by atoms with van der Waals surface area (Å²) in [6.45, 7) is 0. The second-order valence-electron chi connectivity index (χ2n) is 4.30. The van der Waals surface area contributed by atoms with Crippen LogP contribution in [-0.2, 0) is 0 Å². The lowest BCUT2D eigenvalue weighted by molar-refractivity contribution is 0.415. The van der Waals surface area contributed by atoms with Gasteiger partial charge < -0.3 is 10.5 Å². The average Bonchev–Trinajstić information content (AvgIpc) is 2.80. The number of nitrogen functional groups attached to an aromatic ring is 1. The van der Waals surface area contributed by atoms with Gasteiger partial charge in [0.15, 0.2) is 0 Å². The van der Waals surface area contributed by atoms with Gasteiger partial charge in [0.1, 0.15) is 12.1 Å². The van der Waals surface area contributed by atoms with Crippen molar-refractivity contribution in [1.82, 2.24) is 9.55 Å². The second-order valence-corrected chi connectivity index (χ2v) is 5.12. The zero-order chi connectivity index (χ0) is 14.3. The van der Waals surface area contributed by atoms with Crippen LogP contribution in [0.25, 0.3) is 16.7 Å². The molecular formula is C14H11Cl2N3O. The minimum absolute atomic E-state index is 0.477. The first-order valence-electron chi connectivity index (χ1n) is 5.86. The van der Waals surface area contributed by atoms with Crippen LogP contribution in [-0.4, -0.2) is 16.7 Å². The lowest BCUT2D eigenvalue weighted by Crippen LogP contribution is -1.96. The number of nitrogens with zero attached hydrogens (tertiary/aromatic N) is 2. The Hall–Kier alpha value is -1.91. The molecule has 0 aliphatic heterocycles. The number of hydrogen-bond acceptors (Lipinski definition) is 3. The molecule has 0 amide bonds. The van der Waals surface area contributed by atoms with Crippen LogP contribution in [0.3, 0.4) is 0 Å². The molecule has 0 bridgehead atoms. The molecule has 0 unspecified atom stereocenters. The summed E-state index contributed by atoms with van der Waals surface area (Å²) in [4.78, 5) is 4.34. The van der Waals surface area contributed by atoms with E-state index in [-0.39, 0.29) is 0 Å². The lowest BCUT2D eigenvalue weighted by atomic mass is 10.2. The molecule has 0 aliphatic carbocycles. The van der Waals surface area contributed by atoms with E-state index in [1.165, 1.54) is 0 Å². The van der Waals surface area contributed by atoms with Gasteiger partial charge in [0.25, 0.3) is 0 Å². The highest BCUT2D eigenvalue weighted by Gasteiger charge is 2.13. The quantitative estimate of drug-likeness (QED) is 0.730. The van der Waals surface area contributed by atoms with Crippen LogP contribution in [0.1, 0.15) is 0 Å². The fourth-order valence-corrected chi connectivity index (χ4v) is 2.80. The van der Waals surface area contributed by atoms with Crippen molar-refractivity contribution in [3.63, 3.8) is 0 Å². The van der Waals surface area contributed by atoms with E-state index in [9.17, 15) is 0 Å². The van der Waals surface area contributed by atoms with Crippen molar-refractivity contribution in [1.29, 1.82) is 0 Å². The Balaban J connectivity index is 2.25. The number of methoxy groups -OCH3 is 1. The van der Waals surface area contributed by atoms with E-state index in [2.05, 4.69) is 4.98 Å². The molecule has 0 radical (unpaired) electrons. The number of benzene rings is 2. The van der Waals surface area contributed by atoms with E-state index >= 15 is 0 Å². The van der Waals surface area contributed by atoms with Crippen LogP contribution in [0.15, 0.2) is 36.7 Å². The first kappa shape index (κ1) is 13.1. The zero-order valence-corrected chi connectivity index (χ0v) is 12.1. The Bertz CT molecular complexity index is 775. The van der Waals surface area contributed by atoms with Crippen molar-refractivity contribution in [2.75, 3.05) is 12.8 Å². The number of aromatic nitrogens is 2. The molecule has 3 aromatic rings. The normalized spacial score (nSPS) is 10.9. The van der Waals surface area contributed by atoms with Crippen LogP contribution in [0.5, 0.6) is 5.75 Å². The van der Waals surface area contributed by atoms with Crippen LogP contribution >= 0.6 is 23.2 Å². The van der Waals surface area contributed by atoms with E-state index in [1.807, 2.05) is 22.8 Å². The third kappa shape index (κ3) is 2.07. The van der Waals surface area contributed by atoms with Gasteiger partial charge in [-0.25, -0.2) is 4.98 Å². The van der Waals surface area contributed by atoms with Crippen molar-refractivity contribution >= 4 is 39.9 Å². The van der Waals surface area contributed by atoms with Gasteiger partial charge in [-0.15, -0.1) is 0 Å². The Morgan fingerprint density at radius 1 is 1.15 bits per heavy atom. The molecule has 102 valence electrons. The smallest absolute Gasteiger partial charge is 0.121 e. The van der Waals surface area contributed by atoms with Crippen LogP contribution in [0, 0.1) is 0 Å². The SMILES string of the molecule is COc1ccc2c(c1)ncn2-c1c(Cl)cc(N)cc1Cl. The number of rotatable bonds is 2. The second kappa shape index (κ2) is 4.89. The molecule has 1 heterocycles. The molecule has 6 heteroatoms. The number of ether oxygens (including phenoxy) is 1. The van der Waals surface area contributed by atoms with Crippen LogP contribution in [0.4, 0.5) is 5.69 Å². The minimum Gasteiger partial charge on any atom is -0.497 e. The molecule has 3 rings (SSSR count). The predicted molar refractivity (Wildman–Crippen MR) is 82.1 cm³/mol. The Labute approximate surface area is 125 Å². The third-order valence-corrected chi connectivity index (χ3v) is 3.61. The molecular weight excluding hydrogens is 297 g/mol. The molecule has 0 saturated heterocycles. The highest BCUT2D eigenvalue weighted by atomic mass is 35.5. The number of halogens is 2. The van der Waals surface area contributed by atoms with Gasteiger partial charge in [0.05, 0.1) is 33.9 Å². The molecule has 4 nitrogen and oxygen atoms in total. The standard InChI is InChI=1S/C14H11Cl2N3O/c1-20-9-2-3-13-12(6-9)18-7-19(13)14-10(15)4-8(17)5-11(14)16/h2-7H,17H2,1H3. The van der Waals surface area contributed by atoms with Gasteiger partial charge in [0, 0.05) is 11.8 Å².